The second kappa shape index (κ2) is 9.72. The lowest BCUT2D eigenvalue weighted by atomic mass is 10.1. The standard InChI is InChI=1S/C23H27N7O2S/c1-15-9-16(19-13-27-23(33-19)30-8-2-5-25-20(31)14-30)11-17(10-15)28-22-26-7-4-21(29-22)32-18-3-6-24-12-18/h4,7,9-11,13,18,24H,2-3,5-6,8,12,14H2,1H3,(H,25,31)(H,26,28,29)/t18-/m1/s1. The van der Waals surface area contributed by atoms with Crippen molar-refractivity contribution in [2.45, 2.75) is 25.9 Å². The molecule has 2 aromatic heterocycles. The van der Waals surface area contributed by atoms with E-state index in [1.807, 2.05) is 11.1 Å². The van der Waals surface area contributed by atoms with Crippen molar-refractivity contribution < 1.29 is 9.53 Å². The Balaban J connectivity index is 1.33. The van der Waals surface area contributed by atoms with E-state index in [-0.39, 0.29) is 12.0 Å². The molecule has 5 rings (SSSR count). The minimum atomic E-state index is 0.0432. The molecule has 10 heteroatoms. The molecule has 0 bridgehead atoms. The molecule has 0 unspecified atom stereocenters. The Morgan fingerprint density at radius 1 is 1.24 bits per heavy atom. The largest absolute Gasteiger partial charge is 0.473 e. The Labute approximate surface area is 196 Å². The van der Waals surface area contributed by atoms with Crippen LogP contribution in [0.4, 0.5) is 16.8 Å². The van der Waals surface area contributed by atoms with Gasteiger partial charge in [-0.25, -0.2) is 9.97 Å². The predicted octanol–water partition coefficient (Wildman–Crippen LogP) is 2.72. The van der Waals surface area contributed by atoms with E-state index in [0.29, 0.717) is 24.9 Å². The molecule has 0 saturated carbocycles. The first-order chi connectivity index (χ1) is 16.1. The smallest absolute Gasteiger partial charge is 0.239 e. The van der Waals surface area contributed by atoms with Crippen LogP contribution in [0.25, 0.3) is 10.4 Å². The van der Waals surface area contributed by atoms with E-state index in [4.69, 9.17) is 4.74 Å². The van der Waals surface area contributed by atoms with Crippen LogP contribution in [-0.2, 0) is 4.79 Å². The van der Waals surface area contributed by atoms with Crippen LogP contribution in [0, 0.1) is 6.92 Å². The molecule has 2 fully saturated rings. The van der Waals surface area contributed by atoms with E-state index in [0.717, 1.165) is 59.3 Å². The SMILES string of the molecule is Cc1cc(Nc2nccc(O[C@@H]3CCNC3)n2)cc(-c2cnc(N3CCCNC(=O)C3)s2)c1. The summed E-state index contributed by atoms with van der Waals surface area (Å²) in [7, 11) is 0. The third-order valence-corrected chi connectivity index (χ3v) is 6.68. The molecule has 4 heterocycles. The first-order valence-electron chi connectivity index (χ1n) is 11.2. The van der Waals surface area contributed by atoms with Crippen molar-refractivity contribution in [2.75, 3.05) is 42.9 Å². The topological polar surface area (TPSA) is 104 Å². The van der Waals surface area contributed by atoms with Gasteiger partial charge >= 0.3 is 0 Å². The summed E-state index contributed by atoms with van der Waals surface area (Å²) in [5.41, 5.74) is 3.07. The lowest BCUT2D eigenvalue weighted by Crippen LogP contribution is -2.32. The molecule has 0 aliphatic carbocycles. The Hall–Kier alpha value is -3.24. The number of carbonyl (C=O) groups is 1. The molecule has 0 spiro atoms. The minimum absolute atomic E-state index is 0.0432. The second-order valence-electron chi connectivity index (χ2n) is 8.30. The Kier molecular flexibility index (Phi) is 6.36. The van der Waals surface area contributed by atoms with E-state index in [1.165, 1.54) is 0 Å². The molecule has 2 aliphatic heterocycles. The molecule has 1 aromatic carbocycles. The number of carbonyl (C=O) groups excluding carboxylic acids is 1. The van der Waals surface area contributed by atoms with Gasteiger partial charge in [0.1, 0.15) is 6.10 Å². The quantitative estimate of drug-likeness (QED) is 0.511. The fourth-order valence-corrected chi connectivity index (χ4v) is 4.94. The van der Waals surface area contributed by atoms with E-state index < -0.39 is 0 Å². The van der Waals surface area contributed by atoms with Crippen molar-refractivity contribution >= 4 is 34.0 Å². The summed E-state index contributed by atoms with van der Waals surface area (Å²) in [6.45, 7) is 5.75. The maximum atomic E-state index is 11.9. The van der Waals surface area contributed by atoms with Crippen LogP contribution < -0.4 is 25.6 Å². The summed E-state index contributed by atoms with van der Waals surface area (Å²) in [5, 5.41) is 10.4. The monoisotopic (exact) mass is 465 g/mol. The highest BCUT2D eigenvalue weighted by Crippen LogP contribution is 2.34. The molecule has 9 nitrogen and oxygen atoms in total. The molecule has 2 saturated heterocycles. The summed E-state index contributed by atoms with van der Waals surface area (Å²) in [6.07, 6.45) is 5.62. The van der Waals surface area contributed by atoms with E-state index in [1.54, 1.807) is 23.6 Å². The van der Waals surface area contributed by atoms with Crippen molar-refractivity contribution in [2.24, 2.45) is 0 Å². The number of amides is 1. The average Bonchev–Trinajstić information content (AvgIpc) is 3.44. The van der Waals surface area contributed by atoms with Crippen LogP contribution in [0.1, 0.15) is 18.4 Å². The van der Waals surface area contributed by atoms with Crippen LogP contribution in [0.3, 0.4) is 0 Å². The number of thiazole rings is 1. The van der Waals surface area contributed by atoms with Crippen molar-refractivity contribution in [3.63, 3.8) is 0 Å². The molecule has 33 heavy (non-hydrogen) atoms. The molecule has 2 aliphatic rings. The van der Waals surface area contributed by atoms with Crippen LogP contribution in [0.15, 0.2) is 36.7 Å². The normalized spacial score (nSPS) is 18.6. The maximum Gasteiger partial charge on any atom is 0.239 e. The number of hydrogen-bond donors (Lipinski definition) is 3. The fourth-order valence-electron chi connectivity index (χ4n) is 4.01. The number of rotatable bonds is 6. The summed E-state index contributed by atoms with van der Waals surface area (Å²) in [6, 6.07) is 8.04. The van der Waals surface area contributed by atoms with Gasteiger partial charge in [0.15, 0.2) is 5.13 Å². The van der Waals surface area contributed by atoms with E-state index in [2.05, 4.69) is 56.0 Å². The number of aromatic nitrogens is 3. The molecule has 1 amide bonds. The van der Waals surface area contributed by atoms with E-state index in [9.17, 15) is 4.79 Å². The number of nitrogens with one attached hydrogen (secondary N) is 3. The highest BCUT2D eigenvalue weighted by molar-refractivity contribution is 7.18. The molecule has 0 radical (unpaired) electrons. The van der Waals surface area contributed by atoms with Gasteiger partial charge in [0.2, 0.25) is 17.7 Å². The van der Waals surface area contributed by atoms with Crippen LogP contribution in [-0.4, -0.2) is 59.7 Å². The molecule has 1 atom stereocenters. The van der Waals surface area contributed by atoms with Gasteiger partial charge in [-0.3, -0.25) is 4.79 Å². The molecular formula is C23H27N7O2S. The van der Waals surface area contributed by atoms with Gasteiger partial charge in [-0.2, -0.15) is 4.98 Å². The predicted molar refractivity (Wildman–Crippen MR) is 129 cm³/mol. The highest BCUT2D eigenvalue weighted by Gasteiger charge is 2.19. The van der Waals surface area contributed by atoms with Crippen LogP contribution >= 0.6 is 11.3 Å². The van der Waals surface area contributed by atoms with Gasteiger partial charge in [-0.15, -0.1) is 0 Å². The van der Waals surface area contributed by atoms with Crippen molar-refractivity contribution in [3.05, 3.63) is 42.2 Å². The van der Waals surface area contributed by atoms with Crippen molar-refractivity contribution in [1.29, 1.82) is 0 Å². The number of aryl methyl sites for hydroxylation is 1. The number of anilines is 3. The van der Waals surface area contributed by atoms with Gasteiger partial charge < -0.3 is 25.6 Å². The first kappa shape index (κ1) is 21.6. The van der Waals surface area contributed by atoms with Crippen molar-refractivity contribution in [1.82, 2.24) is 25.6 Å². The summed E-state index contributed by atoms with van der Waals surface area (Å²) >= 11 is 1.60. The van der Waals surface area contributed by atoms with Crippen molar-refractivity contribution in [3.8, 4) is 16.3 Å². The Morgan fingerprint density at radius 2 is 2.18 bits per heavy atom. The number of ether oxygens (including phenoxy) is 1. The first-order valence-corrected chi connectivity index (χ1v) is 12.0. The van der Waals surface area contributed by atoms with Gasteiger partial charge in [0.25, 0.3) is 0 Å². The minimum Gasteiger partial charge on any atom is -0.473 e. The zero-order chi connectivity index (χ0) is 22.6. The van der Waals surface area contributed by atoms with Gasteiger partial charge in [-0.05, 0) is 49.6 Å². The average molecular weight is 466 g/mol. The highest BCUT2D eigenvalue weighted by atomic mass is 32.1. The second-order valence-corrected chi connectivity index (χ2v) is 9.31. The van der Waals surface area contributed by atoms with Gasteiger partial charge in [0, 0.05) is 43.8 Å². The zero-order valence-corrected chi connectivity index (χ0v) is 19.3. The maximum absolute atomic E-state index is 11.9. The van der Waals surface area contributed by atoms with Gasteiger partial charge in [0.05, 0.1) is 11.4 Å². The Bertz CT molecular complexity index is 1130. The fraction of sp³-hybridized carbons (Fsp3) is 0.391. The lowest BCUT2D eigenvalue weighted by Gasteiger charge is -2.17. The molecule has 3 aromatic rings. The number of nitrogens with zero attached hydrogens (tertiary/aromatic N) is 4. The number of hydrogen-bond acceptors (Lipinski definition) is 9. The van der Waals surface area contributed by atoms with Crippen LogP contribution in [0.5, 0.6) is 5.88 Å². The third-order valence-electron chi connectivity index (χ3n) is 5.58. The Morgan fingerprint density at radius 3 is 3.06 bits per heavy atom. The summed E-state index contributed by atoms with van der Waals surface area (Å²) in [5.74, 6) is 1.11. The third kappa shape index (κ3) is 5.40. The zero-order valence-electron chi connectivity index (χ0n) is 18.5. The van der Waals surface area contributed by atoms with Gasteiger partial charge in [-0.1, -0.05) is 17.4 Å². The van der Waals surface area contributed by atoms with E-state index >= 15 is 0 Å². The lowest BCUT2D eigenvalue weighted by molar-refractivity contribution is -0.119. The molecular weight excluding hydrogens is 438 g/mol. The number of benzene rings is 1. The summed E-state index contributed by atoms with van der Waals surface area (Å²) < 4.78 is 5.95. The molecule has 3 N–H and O–H groups in total. The summed E-state index contributed by atoms with van der Waals surface area (Å²) in [4.78, 5) is 28.5. The van der Waals surface area contributed by atoms with Crippen LogP contribution in [0.2, 0.25) is 0 Å². The molecule has 172 valence electrons.